The van der Waals surface area contributed by atoms with Gasteiger partial charge in [-0.05, 0) is 6.08 Å². The summed E-state index contributed by atoms with van der Waals surface area (Å²) in [7, 11) is 0. The molecular weight excluding hydrogens is 76.1 g/mol. The van der Waals surface area contributed by atoms with Gasteiger partial charge < -0.3 is 5.73 Å². The second-order valence-electron chi connectivity index (χ2n) is 1.22. The van der Waals surface area contributed by atoms with Crippen LogP contribution in [0.4, 0.5) is 0 Å². The summed E-state index contributed by atoms with van der Waals surface area (Å²) in [5, 5.41) is 0. The molecule has 1 aliphatic rings. The molecule has 2 heteroatoms. The molecule has 1 heterocycles. The molecular formula is C4H6N2. The third-order valence-electron chi connectivity index (χ3n) is 0.653. The quantitative estimate of drug-likeness (QED) is 0.436. The second kappa shape index (κ2) is 1.22. The van der Waals surface area contributed by atoms with Gasteiger partial charge in [0.1, 0.15) is 0 Å². The minimum Gasteiger partial charge on any atom is -0.320 e. The zero-order valence-corrected chi connectivity index (χ0v) is 3.33. The van der Waals surface area contributed by atoms with E-state index < -0.39 is 0 Å². The van der Waals surface area contributed by atoms with Crippen molar-refractivity contribution in [3.05, 3.63) is 12.3 Å². The summed E-state index contributed by atoms with van der Waals surface area (Å²) in [4.78, 5) is 3.73. The maximum Gasteiger partial charge on any atom is 0.0603 e. The van der Waals surface area contributed by atoms with E-state index in [-0.39, 0.29) is 6.04 Å². The monoisotopic (exact) mass is 82.1 g/mol. The fraction of sp³-hybridized carbons (Fsp3) is 0.250. The van der Waals surface area contributed by atoms with Crippen molar-refractivity contribution in [3.63, 3.8) is 0 Å². The molecule has 0 saturated heterocycles. The Morgan fingerprint density at radius 2 is 2.50 bits per heavy atom. The highest BCUT2D eigenvalue weighted by atomic mass is 14.8. The molecule has 0 spiro atoms. The predicted octanol–water partition coefficient (Wildman–Crippen LogP) is -0.0882. The van der Waals surface area contributed by atoms with Gasteiger partial charge in [0, 0.05) is 12.4 Å². The van der Waals surface area contributed by atoms with Crippen molar-refractivity contribution in [1.29, 1.82) is 0 Å². The molecule has 0 radical (unpaired) electrons. The molecule has 0 aromatic rings. The van der Waals surface area contributed by atoms with E-state index in [2.05, 4.69) is 4.99 Å². The third kappa shape index (κ3) is 0.466. The Morgan fingerprint density at radius 1 is 1.67 bits per heavy atom. The van der Waals surface area contributed by atoms with Crippen LogP contribution in [0.3, 0.4) is 0 Å². The highest BCUT2D eigenvalue weighted by Gasteiger charge is 1.91. The first-order valence-electron chi connectivity index (χ1n) is 1.85. The van der Waals surface area contributed by atoms with Crippen molar-refractivity contribution in [2.75, 3.05) is 0 Å². The average Bonchev–Trinajstić information content (AvgIpc) is 1.86. The Morgan fingerprint density at radius 3 is 2.67 bits per heavy atom. The highest BCUT2D eigenvalue weighted by Crippen LogP contribution is 1.86. The highest BCUT2D eigenvalue weighted by molar-refractivity contribution is 5.70. The first-order chi connectivity index (χ1) is 2.89. The van der Waals surface area contributed by atoms with E-state index in [9.17, 15) is 0 Å². The lowest BCUT2D eigenvalue weighted by atomic mass is 10.4. The predicted molar refractivity (Wildman–Crippen MR) is 25.6 cm³/mol. The van der Waals surface area contributed by atoms with Crippen LogP contribution in [0.5, 0.6) is 0 Å². The molecule has 0 saturated carbocycles. The minimum absolute atomic E-state index is 0.0741. The van der Waals surface area contributed by atoms with E-state index in [0.29, 0.717) is 0 Å². The molecule has 0 bridgehead atoms. The second-order valence-corrected chi connectivity index (χ2v) is 1.22. The van der Waals surface area contributed by atoms with E-state index in [4.69, 9.17) is 5.73 Å². The number of hydrogen-bond acceptors (Lipinski definition) is 2. The molecule has 1 aliphatic heterocycles. The standard InChI is InChI=1S/C4H6N2/c5-4-1-2-6-3-4/h1-4H,5H2. The van der Waals surface area contributed by atoms with Crippen LogP contribution in [0.1, 0.15) is 0 Å². The van der Waals surface area contributed by atoms with Gasteiger partial charge in [-0.3, -0.25) is 4.99 Å². The lowest BCUT2D eigenvalue weighted by molar-refractivity contribution is 1.13. The maximum atomic E-state index is 5.30. The molecule has 2 N–H and O–H groups in total. The molecule has 6 heavy (non-hydrogen) atoms. The topological polar surface area (TPSA) is 38.4 Å². The van der Waals surface area contributed by atoms with E-state index in [1.165, 1.54) is 0 Å². The van der Waals surface area contributed by atoms with Gasteiger partial charge >= 0.3 is 0 Å². The molecule has 1 atom stereocenters. The summed E-state index contributed by atoms with van der Waals surface area (Å²) in [5.41, 5.74) is 5.30. The van der Waals surface area contributed by atoms with Gasteiger partial charge in [0.25, 0.3) is 0 Å². The van der Waals surface area contributed by atoms with Crippen LogP contribution in [-0.2, 0) is 0 Å². The van der Waals surface area contributed by atoms with Crippen molar-refractivity contribution in [2.24, 2.45) is 10.7 Å². The van der Waals surface area contributed by atoms with E-state index in [1.54, 1.807) is 12.4 Å². The zero-order valence-electron chi connectivity index (χ0n) is 3.33. The molecule has 0 aromatic heterocycles. The van der Waals surface area contributed by atoms with Crippen LogP contribution in [0, 0.1) is 0 Å². The van der Waals surface area contributed by atoms with E-state index in [1.807, 2.05) is 6.08 Å². The summed E-state index contributed by atoms with van der Waals surface area (Å²) in [6, 6.07) is 0.0741. The largest absolute Gasteiger partial charge is 0.320 e. The van der Waals surface area contributed by atoms with E-state index >= 15 is 0 Å². The Balaban J connectivity index is 2.60. The SMILES string of the molecule is NC1C=CN=C1. The summed E-state index contributed by atoms with van der Waals surface area (Å²) < 4.78 is 0. The molecule has 2 nitrogen and oxygen atoms in total. The van der Waals surface area contributed by atoms with Crippen LogP contribution in [0.15, 0.2) is 17.3 Å². The fourth-order valence-electron chi connectivity index (χ4n) is 0.348. The minimum atomic E-state index is 0.0741. The van der Waals surface area contributed by atoms with Crippen LogP contribution in [0.25, 0.3) is 0 Å². The first kappa shape index (κ1) is 3.56. The third-order valence-corrected chi connectivity index (χ3v) is 0.653. The van der Waals surface area contributed by atoms with Crippen LogP contribution in [0.2, 0.25) is 0 Å². The smallest absolute Gasteiger partial charge is 0.0603 e. The Labute approximate surface area is 36.4 Å². The van der Waals surface area contributed by atoms with Crippen molar-refractivity contribution >= 4 is 6.21 Å². The molecule has 0 amide bonds. The van der Waals surface area contributed by atoms with Crippen molar-refractivity contribution in [2.45, 2.75) is 6.04 Å². The van der Waals surface area contributed by atoms with Crippen LogP contribution >= 0.6 is 0 Å². The number of nitrogens with two attached hydrogens (primary N) is 1. The van der Waals surface area contributed by atoms with Gasteiger partial charge in [-0.15, -0.1) is 0 Å². The van der Waals surface area contributed by atoms with Gasteiger partial charge in [-0.1, -0.05) is 0 Å². The fourth-order valence-corrected chi connectivity index (χ4v) is 0.348. The van der Waals surface area contributed by atoms with Gasteiger partial charge in [-0.2, -0.15) is 0 Å². The van der Waals surface area contributed by atoms with Gasteiger partial charge in [0.05, 0.1) is 6.04 Å². The number of nitrogens with zero attached hydrogens (tertiary/aromatic N) is 1. The molecule has 1 rings (SSSR count). The van der Waals surface area contributed by atoms with Crippen LogP contribution in [-0.4, -0.2) is 12.3 Å². The van der Waals surface area contributed by atoms with Gasteiger partial charge in [-0.25, -0.2) is 0 Å². The molecule has 0 aromatic carbocycles. The number of hydrogen-bond donors (Lipinski definition) is 1. The van der Waals surface area contributed by atoms with E-state index in [0.717, 1.165) is 0 Å². The summed E-state index contributed by atoms with van der Waals surface area (Å²) >= 11 is 0. The van der Waals surface area contributed by atoms with Gasteiger partial charge in [0.15, 0.2) is 0 Å². The van der Waals surface area contributed by atoms with Crippen LogP contribution < -0.4 is 5.73 Å². The maximum absolute atomic E-state index is 5.30. The summed E-state index contributed by atoms with van der Waals surface area (Å²) in [6.07, 6.45) is 5.23. The lowest BCUT2D eigenvalue weighted by Crippen LogP contribution is -2.14. The van der Waals surface area contributed by atoms with Crippen molar-refractivity contribution < 1.29 is 0 Å². The Hall–Kier alpha value is -0.630. The first-order valence-corrected chi connectivity index (χ1v) is 1.85. The average molecular weight is 82.1 g/mol. The number of rotatable bonds is 0. The zero-order chi connectivity index (χ0) is 4.41. The summed E-state index contributed by atoms with van der Waals surface area (Å²) in [6.45, 7) is 0. The molecule has 0 aliphatic carbocycles. The molecule has 0 fully saturated rings. The number of aliphatic imine (C=N–C) groups is 1. The summed E-state index contributed by atoms with van der Waals surface area (Å²) in [5.74, 6) is 0. The Bertz CT molecular complexity index is 81.7. The van der Waals surface area contributed by atoms with Gasteiger partial charge in [0.2, 0.25) is 0 Å². The molecule has 1 unspecified atom stereocenters. The van der Waals surface area contributed by atoms with Crippen molar-refractivity contribution in [3.8, 4) is 0 Å². The van der Waals surface area contributed by atoms with Crippen molar-refractivity contribution in [1.82, 2.24) is 0 Å². The molecule has 32 valence electrons. The lowest BCUT2D eigenvalue weighted by Gasteiger charge is -1.83. The Kier molecular flexibility index (Phi) is 0.725. The normalized spacial score (nSPS) is 29.2.